The number of morpholine rings is 1. The van der Waals surface area contributed by atoms with Crippen LogP contribution in [-0.2, 0) is 4.74 Å². The number of hydrogen-bond donors (Lipinski definition) is 0. The van der Waals surface area contributed by atoms with Crippen molar-refractivity contribution in [2.45, 2.75) is 0 Å². The van der Waals surface area contributed by atoms with E-state index in [0.717, 1.165) is 58.0 Å². The Hall–Kier alpha value is -3.74. The number of fused-ring (bicyclic) bond motifs is 1. The first-order valence-corrected chi connectivity index (χ1v) is 11.7. The molecule has 0 atom stereocenters. The number of rotatable bonds is 4. The second-order valence-corrected chi connectivity index (χ2v) is 8.60. The van der Waals surface area contributed by atoms with Gasteiger partial charge in [0.25, 0.3) is 0 Å². The van der Waals surface area contributed by atoms with Crippen LogP contribution in [-0.4, -0.2) is 46.3 Å². The van der Waals surface area contributed by atoms with Crippen LogP contribution in [0.3, 0.4) is 0 Å². The minimum absolute atomic E-state index is 0.660. The molecule has 1 saturated heterocycles. The molecule has 168 valence electrons. The van der Waals surface area contributed by atoms with Gasteiger partial charge in [-0.1, -0.05) is 72.3 Å². The minimum Gasteiger partial charge on any atom is -0.378 e. The van der Waals surface area contributed by atoms with Crippen molar-refractivity contribution in [2.24, 2.45) is 0 Å². The second kappa shape index (κ2) is 8.89. The second-order valence-electron chi connectivity index (χ2n) is 8.16. The summed E-state index contributed by atoms with van der Waals surface area (Å²) in [6.45, 7) is 2.83. The van der Waals surface area contributed by atoms with E-state index >= 15 is 0 Å². The van der Waals surface area contributed by atoms with Gasteiger partial charge in [0.2, 0.25) is 0 Å². The lowest BCUT2D eigenvalue weighted by atomic mass is 10.0. The van der Waals surface area contributed by atoms with Crippen LogP contribution in [0.15, 0.2) is 84.9 Å². The molecule has 0 spiro atoms. The zero-order valence-electron chi connectivity index (χ0n) is 18.4. The van der Waals surface area contributed by atoms with Crippen molar-refractivity contribution in [3.8, 4) is 28.2 Å². The van der Waals surface area contributed by atoms with Crippen LogP contribution in [0.4, 0.5) is 5.82 Å². The summed E-state index contributed by atoms with van der Waals surface area (Å²) < 4.78 is 7.56. The van der Waals surface area contributed by atoms with Crippen molar-refractivity contribution >= 4 is 28.3 Å². The molecule has 1 aliphatic rings. The predicted molar refractivity (Wildman–Crippen MR) is 136 cm³/mol. The van der Waals surface area contributed by atoms with Gasteiger partial charge in [-0.05, 0) is 24.3 Å². The highest BCUT2D eigenvalue weighted by atomic mass is 35.5. The van der Waals surface area contributed by atoms with Crippen molar-refractivity contribution < 1.29 is 4.74 Å². The molecule has 5 aromatic rings. The van der Waals surface area contributed by atoms with Gasteiger partial charge in [-0.3, -0.25) is 0 Å². The first kappa shape index (κ1) is 20.8. The summed E-state index contributed by atoms with van der Waals surface area (Å²) in [6, 6.07) is 28.2. The van der Waals surface area contributed by atoms with Crippen molar-refractivity contribution in [1.82, 2.24) is 20.0 Å². The summed E-state index contributed by atoms with van der Waals surface area (Å²) in [4.78, 5) is 2.21. The van der Waals surface area contributed by atoms with Crippen LogP contribution in [0.2, 0.25) is 5.02 Å². The number of benzene rings is 3. The van der Waals surface area contributed by atoms with E-state index in [4.69, 9.17) is 26.5 Å². The Morgan fingerprint density at radius 1 is 0.735 bits per heavy atom. The Balaban J connectivity index is 1.71. The molecule has 0 amide bonds. The Bertz CT molecular complexity index is 1430. The zero-order valence-corrected chi connectivity index (χ0v) is 19.2. The average Bonchev–Trinajstić information content (AvgIpc) is 3.31. The summed E-state index contributed by atoms with van der Waals surface area (Å²) in [5, 5.41) is 16.2. The van der Waals surface area contributed by atoms with Gasteiger partial charge in [-0.2, -0.15) is 5.10 Å². The van der Waals surface area contributed by atoms with E-state index in [0.29, 0.717) is 18.2 Å². The fraction of sp³-hybridized carbons (Fsp3) is 0.148. The molecule has 0 bridgehead atoms. The number of nitrogens with zero attached hydrogens (tertiary/aromatic N) is 5. The normalized spacial score (nSPS) is 14.0. The molecule has 0 aliphatic carbocycles. The summed E-state index contributed by atoms with van der Waals surface area (Å²) in [5.74, 6) is 0.780. The van der Waals surface area contributed by atoms with E-state index < -0.39 is 0 Å². The van der Waals surface area contributed by atoms with Crippen LogP contribution in [0.1, 0.15) is 0 Å². The molecule has 34 heavy (non-hydrogen) atoms. The van der Waals surface area contributed by atoms with Crippen LogP contribution in [0.25, 0.3) is 39.1 Å². The Morgan fingerprint density at radius 3 is 2.06 bits per heavy atom. The molecule has 6 nitrogen and oxygen atoms in total. The van der Waals surface area contributed by atoms with E-state index in [9.17, 15) is 0 Å². The van der Waals surface area contributed by atoms with E-state index in [1.54, 1.807) is 0 Å². The van der Waals surface area contributed by atoms with Crippen molar-refractivity contribution in [3.63, 3.8) is 0 Å². The summed E-state index contributed by atoms with van der Waals surface area (Å²) in [5.41, 5.74) is 5.59. The maximum atomic E-state index is 6.20. The largest absolute Gasteiger partial charge is 0.378 e. The lowest BCUT2D eigenvalue weighted by molar-refractivity contribution is 0.122. The van der Waals surface area contributed by atoms with Gasteiger partial charge in [0.05, 0.1) is 30.0 Å². The molecule has 7 heteroatoms. The third-order valence-corrected chi connectivity index (χ3v) is 6.31. The molecule has 2 aromatic heterocycles. The molecular formula is C27H22ClN5O. The Morgan fingerprint density at radius 2 is 1.38 bits per heavy atom. The molecule has 0 radical (unpaired) electrons. The summed E-state index contributed by atoms with van der Waals surface area (Å²) >= 11 is 6.20. The zero-order chi connectivity index (χ0) is 22.9. The van der Waals surface area contributed by atoms with Crippen LogP contribution in [0.5, 0.6) is 0 Å². The van der Waals surface area contributed by atoms with Gasteiger partial charge in [-0.25, -0.2) is 4.68 Å². The molecule has 0 saturated carbocycles. The van der Waals surface area contributed by atoms with Gasteiger partial charge < -0.3 is 9.64 Å². The summed E-state index contributed by atoms with van der Waals surface area (Å²) in [6.07, 6.45) is 0. The fourth-order valence-corrected chi connectivity index (χ4v) is 4.54. The minimum atomic E-state index is 0.660. The number of anilines is 1. The Labute approximate surface area is 202 Å². The van der Waals surface area contributed by atoms with Gasteiger partial charge in [-0.15, -0.1) is 10.2 Å². The molecule has 0 N–H and O–H groups in total. The van der Waals surface area contributed by atoms with E-state index in [1.807, 2.05) is 65.3 Å². The van der Waals surface area contributed by atoms with E-state index in [2.05, 4.69) is 34.3 Å². The van der Waals surface area contributed by atoms with Gasteiger partial charge in [0, 0.05) is 29.2 Å². The molecule has 1 fully saturated rings. The predicted octanol–water partition coefficient (Wildman–Crippen LogP) is 5.64. The first-order chi connectivity index (χ1) is 16.8. The average molecular weight is 468 g/mol. The van der Waals surface area contributed by atoms with E-state index in [-0.39, 0.29) is 0 Å². The highest BCUT2D eigenvalue weighted by molar-refractivity contribution is 6.30. The third-order valence-electron chi connectivity index (χ3n) is 6.06. The smallest absolute Gasteiger partial charge is 0.179 e. The van der Waals surface area contributed by atoms with Crippen LogP contribution in [0, 0.1) is 0 Å². The SMILES string of the molecule is Clc1ccc(-n2nc3c(N4CCOCC4)nnc(-c4ccccc4)c3c2-c2ccccc2)cc1. The number of ether oxygens (including phenoxy) is 1. The maximum absolute atomic E-state index is 6.20. The molecule has 0 unspecified atom stereocenters. The number of halogens is 1. The van der Waals surface area contributed by atoms with E-state index in [1.165, 1.54) is 0 Å². The lowest BCUT2D eigenvalue weighted by Crippen LogP contribution is -2.37. The maximum Gasteiger partial charge on any atom is 0.179 e. The van der Waals surface area contributed by atoms with Gasteiger partial charge in [0.15, 0.2) is 5.82 Å². The number of hydrogen-bond acceptors (Lipinski definition) is 5. The third kappa shape index (κ3) is 3.71. The Kier molecular flexibility index (Phi) is 5.45. The number of aromatic nitrogens is 4. The summed E-state index contributed by atoms with van der Waals surface area (Å²) in [7, 11) is 0. The van der Waals surface area contributed by atoms with Crippen LogP contribution < -0.4 is 4.90 Å². The van der Waals surface area contributed by atoms with Crippen LogP contribution >= 0.6 is 11.6 Å². The van der Waals surface area contributed by atoms with Crippen molar-refractivity contribution in [2.75, 3.05) is 31.2 Å². The van der Waals surface area contributed by atoms with Crippen molar-refractivity contribution in [3.05, 3.63) is 90.0 Å². The molecular weight excluding hydrogens is 446 g/mol. The highest BCUT2D eigenvalue weighted by Crippen LogP contribution is 2.39. The molecule has 1 aliphatic heterocycles. The van der Waals surface area contributed by atoms with Crippen molar-refractivity contribution in [1.29, 1.82) is 0 Å². The first-order valence-electron chi connectivity index (χ1n) is 11.3. The monoisotopic (exact) mass is 467 g/mol. The van der Waals surface area contributed by atoms with Gasteiger partial charge >= 0.3 is 0 Å². The topological polar surface area (TPSA) is 56.1 Å². The fourth-order valence-electron chi connectivity index (χ4n) is 4.41. The lowest BCUT2D eigenvalue weighted by Gasteiger charge is -2.27. The molecule has 6 rings (SSSR count). The standard InChI is InChI=1S/C27H22ClN5O/c28-21-11-13-22(14-12-21)33-26(20-9-5-2-6-10-20)23-24(19-7-3-1-4-8-19)29-30-27(25(23)31-33)32-15-17-34-18-16-32/h1-14H,15-18H2. The quantitative estimate of drug-likeness (QED) is 0.342. The molecule has 3 heterocycles. The highest BCUT2D eigenvalue weighted by Gasteiger charge is 2.26. The molecule has 3 aromatic carbocycles. The van der Waals surface area contributed by atoms with Gasteiger partial charge in [0.1, 0.15) is 11.2 Å².